The summed E-state index contributed by atoms with van der Waals surface area (Å²) in [6, 6.07) is 10.8. The Balaban J connectivity index is 1.62. The molecule has 0 aliphatic carbocycles. The number of pyridine rings is 1. The molecule has 1 aliphatic rings. The van der Waals surface area contributed by atoms with Crippen molar-refractivity contribution in [3.63, 3.8) is 0 Å². The van der Waals surface area contributed by atoms with E-state index in [0.29, 0.717) is 5.56 Å². The number of aromatic nitrogens is 1. The van der Waals surface area contributed by atoms with Gasteiger partial charge < -0.3 is 19.9 Å². The Morgan fingerprint density at radius 2 is 1.54 bits per heavy atom. The number of carbonyl (C=O) groups is 1. The van der Waals surface area contributed by atoms with Crippen LogP contribution in [-0.2, 0) is 0 Å². The van der Waals surface area contributed by atoms with Gasteiger partial charge in [-0.3, -0.25) is 4.79 Å². The smallest absolute Gasteiger partial charge is 0.363 e. The molecule has 1 aliphatic heterocycles. The number of nitrogens with zero attached hydrogens (tertiary/aromatic N) is 4. The average Bonchev–Trinajstić information content (AvgIpc) is 2.62. The van der Waals surface area contributed by atoms with Crippen LogP contribution in [0.2, 0.25) is 0 Å². The number of piperazine rings is 1. The molecule has 1 aromatic carbocycles. The summed E-state index contributed by atoms with van der Waals surface area (Å²) in [5, 5.41) is 10.7. The first-order chi connectivity index (χ1) is 11.5. The molecule has 2 aromatic rings. The summed E-state index contributed by atoms with van der Waals surface area (Å²) >= 11 is 0. The summed E-state index contributed by atoms with van der Waals surface area (Å²) < 4.78 is 0. The fourth-order valence-electron chi connectivity index (χ4n) is 2.80. The summed E-state index contributed by atoms with van der Waals surface area (Å²) in [5.74, 6) is -0.0695. The SMILES string of the molecule is CC(=O)c1ccc(N2CCN(c3ccc([N+](=O)[O-])nc3)CC2)cc1. The zero-order valence-corrected chi connectivity index (χ0v) is 13.4. The lowest BCUT2D eigenvalue weighted by atomic mass is 10.1. The molecule has 1 fully saturated rings. The number of nitro groups is 1. The molecule has 0 spiro atoms. The minimum Gasteiger partial charge on any atom is -0.368 e. The number of benzene rings is 1. The van der Waals surface area contributed by atoms with Crippen molar-refractivity contribution in [2.24, 2.45) is 0 Å². The van der Waals surface area contributed by atoms with Crippen molar-refractivity contribution in [2.45, 2.75) is 6.92 Å². The molecule has 7 nitrogen and oxygen atoms in total. The number of ketones is 1. The van der Waals surface area contributed by atoms with Crippen LogP contribution >= 0.6 is 0 Å². The van der Waals surface area contributed by atoms with Crippen molar-refractivity contribution in [3.05, 3.63) is 58.3 Å². The monoisotopic (exact) mass is 326 g/mol. The normalized spacial score (nSPS) is 14.5. The molecule has 2 heterocycles. The van der Waals surface area contributed by atoms with Gasteiger partial charge in [-0.05, 0) is 47.2 Å². The average molecular weight is 326 g/mol. The molecule has 0 radical (unpaired) electrons. The quantitative estimate of drug-likeness (QED) is 0.488. The van der Waals surface area contributed by atoms with Crippen molar-refractivity contribution in [3.8, 4) is 0 Å². The van der Waals surface area contributed by atoms with Gasteiger partial charge in [-0.1, -0.05) is 0 Å². The molecule has 3 rings (SSSR count). The Bertz CT molecular complexity index is 670. The number of anilines is 2. The van der Waals surface area contributed by atoms with Crippen LogP contribution in [0.1, 0.15) is 17.3 Å². The van der Waals surface area contributed by atoms with Crippen molar-refractivity contribution in [1.82, 2.24) is 4.98 Å². The highest BCUT2D eigenvalue weighted by atomic mass is 16.6. The first kappa shape index (κ1) is 15.9. The molecule has 0 bridgehead atoms. The van der Waals surface area contributed by atoms with E-state index in [1.165, 1.54) is 6.07 Å². The second-order valence-corrected chi connectivity index (χ2v) is 5.71. The minimum atomic E-state index is -0.494. The number of hydrogen-bond donors (Lipinski definition) is 0. The van der Waals surface area contributed by atoms with Gasteiger partial charge in [-0.15, -0.1) is 0 Å². The van der Waals surface area contributed by atoms with E-state index in [-0.39, 0.29) is 11.6 Å². The van der Waals surface area contributed by atoms with Crippen molar-refractivity contribution in [2.75, 3.05) is 36.0 Å². The first-order valence-corrected chi connectivity index (χ1v) is 7.76. The minimum absolute atomic E-state index is 0.0667. The first-order valence-electron chi connectivity index (χ1n) is 7.76. The van der Waals surface area contributed by atoms with Crippen LogP contribution in [-0.4, -0.2) is 41.9 Å². The predicted octanol–water partition coefficient (Wildman–Crippen LogP) is 2.52. The van der Waals surface area contributed by atoms with Crippen LogP contribution in [0.15, 0.2) is 42.6 Å². The standard InChI is InChI=1S/C17H18N4O3/c1-13(22)14-2-4-15(5-3-14)19-8-10-20(11-9-19)16-6-7-17(18-12-16)21(23)24/h2-7,12H,8-11H2,1H3. The van der Waals surface area contributed by atoms with E-state index in [9.17, 15) is 14.9 Å². The summed E-state index contributed by atoms with van der Waals surface area (Å²) in [7, 11) is 0. The molecule has 0 saturated carbocycles. The van der Waals surface area contributed by atoms with Gasteiger partial charge >= 0.3 is 5.82 Å². The van der Waals surface area contributed by atoms with E-state index in [4.69, 9.17) is 0 Å². The molecular formula is C17H18N4O3. The Morgan fingerprint density at radius 3 is 2.00 bits per heavy atom. The molecular weight excluding hydrogens is 308 g/mol. The van der Waals surface area contributed by atoms with Gasteiger partial charge in [0.05, 0.1) is 5.69 Å². The highest BCUT2D eigenvalue weighted by Gasteiger charge is 2.19. The third-order valence-corrected chi connectivity index (χ3v) is 4.20. The zero-order chi connectivity index (χ0) is 17.1. The second-order valence-electron chi connectivity index (χ2n) is 5.71. The highest BCUT2D eigenvalue weighted by Crippen LogP contribution is 2.21. The lowest BCUT2D eigenvalue weighted by Gasteiger charge is -2.36. The van der Waals surface area contributed by atoms with Gasteiger partial charge in [0.2, 0.25) is 0 Å². The van der Waals surface area contributed by atoms with E-state index in [1.54, 1.807) is 19.2 Å². The van der Waals surface area contributed by atoms with Crippen molar-refractivity contribution in [1.29, 1.82) is 0 Å². The maximum absolute atomic E-state index is 11.3. The van der Waals surface area contributed by atoms with E-state index < -0.39 is 4.92 Å². The number of carbonyl (C=O) groups excluding carboxylic acids is 1. The lowest BCUT2D eigenvalue weighted by molar-refractivity contribution is -0.389. The predicted molar refractivity (Wildman–Crippen MR) is 91.8 cm³/mol. The molecule has 124 valence electrons. The van der Waals surface area contributed by atoms with Gasteiger partial charge in [0.15, 0.2) is 12.0 Å². The Hall–Kier alpha value is -2.96. The van der Waals surface area contributed by atoms with Crippen LogP contribution in [0.4, 0.5) is 17.2 Å². The van der Waals surface area contributed by atoms with Gasteiger partial charge in [0.1, 0.15) is 0 Å². The third kappa shape index (κ3) is 3.34. The third-order valence-electron chi connectivity index (χ3n) is 4.20. The molecule has 0 unspecified atom stereocenters. The molecule has 0 atom stereocenters. The molecule has 7 heteroatoms. The molecule has 0 N–H and O–H groups in total. The van der Waals surface area contributed by atoms with Crippen molar-refractivity contribution < 1.29 is 9.72 Å². The maximum Gasteiger partial charge on any atom is 0.363 e. The van der Waals surface area contributed by atoms with Crippen molar-refractivity contribution >= 4 is 23.0 Å². The number of hydrogen-bond acceptors (Lipinski definition) is 6. The summed E-state index contributed by atoms with van der Waals surface area (Å²) in [4.78, 5) is 29.8. The van der Waals surface area contributed by atoms with Gasteiger partial charge in [0, 0.05) is 43.5 Å². The topological polar surface area (TPSA) is 79.6 Å². The van der Waals surface area contributed by atoms with Crippen LogP contribution in [0.5, 0.6) is 0 Å². The summed E-state index contributed by atoms with van der Waals surface area (Å²) in [6.45, 7) is 4.88. The lowest BCUT2D eigenvalue weighted by Crippen LogP contribution is -2.46. The van der Waals surface area contributed by atoms with Gasteiger partial charge in [0.25, 0.3) is 0 Å². The molecule has 24 heavy (non-hydrogen) atoms. The number of Topliss-reactive ketones (excluding diaryl/α,β-unsaturated/α-hetero) is 1. The Labute approximate surface area is 139 Å². The van der Waals surface area contributed by atoms with E-state index >= 15 is 0 Å². The number of rotatable bonds is 4. The van der Waals surface area contributed by atoms with Crippen LogP contribution in [0.25, 0.3) is 0 Å². The second kappa shape index (κ2) is 6.66. The largest absolute Gasteiger partial charge is 0.368 e. The zero-order valence-electron chi connectivity index (χ0n) is 13.4. The van der Waals surface area contributed by atoms with Gasteiger partial charge in [-0.25, -0.2) is 0 Å². The maximum atomic E-state index is 11.3. The van der Waals surface area contributed by atoms with Crippen LogP contribution in [0.3, 0.4) is 0 Å². The van der Waals surface area contributed by atoms with Gasteiger partial charge in [-0.2, -0.15) is 0 Å². The fourth-order valence-corrected chi connectivity index (χ4v) is 2.80. The molecule has 1 aromatic heterocycles. The molecule has 0 amide bonds. The van der Waals surface area contributed by atoms with E-state index in [1.807, 2.05) is 24.3 Å². The van der Waals surface area contributed by atoms with Crippen LogP contribution < -0.4 is 9.80 Å². The van der Waals surface area contributed by atoms with E-state index in [2.05, 4.69) is 14.8 Å². The van der Waals surface area contributed by atoms with E-state index in [0.717, 1.165) is 37.6 Å². The Kier molecular flexibility index (Phi) is 4.41. The molecule has 1 saturated heterocycles. The summed E-state index contributed by atoms with van der Waals surface area (Å²) in [5.41, 5.74) is 2.71. The summed E-state index contributed by atoms with van der Waals surface area (Å²) in [6.07, 6.45) is 1.55. The highest BCUT2D eigenvalue weighted by molar-refractivity contribution is 5.94. The fraction of sp³-hybridized carbons (Fsp3) is 0.294. The van der Waals surface area contributed by atoms with Crippen LogP contribution in [0, 0.1) is 10.1 Å². The Morgan fingerprint density at radius 1 is 1.00 bits per heavy atom.